The van der Waals surface area contributed by atoms with Crippen molar-refractivity contribution < 1.29 is 9.90 Å². The molecule has 106 valence electrons. The Labute approximate surface area is 117 Å². The molecule has 0 aromatic carbocycles. The van der Waals surface area contributed by atoms with Crippen molar-refractivity contribution >= 4 is 17.1 Å². The van der Waals surface area contributed by atoms with Gasteiger partial charge >= 0.3 is 5.97 Å². The van der Waals surface area contributed by atoms with Gasteiger partial charge in [-0.3, -0.25) is 0 Å². The Morgan fingerprint density at radius 1 is 1.30 bits per heavy atom. The Bertz CT molecular complexity index is 613. The van der Waals surface area contributed by atoms with Gasteiger partial charge in [-0.05, 0) is 12.0 Å². The third kappa shape index (κ3) is 2.66. The van der Waals surface area contributed by atoms with Gasteiger partial charge in [-0.15, -0.1) is 0 Å². The van der Waals surface area contributed by atoms with Crippen LogP contribution in [0.4, 0.5) is 0 Å². The molecule has 0 bridgehead atoms. The highest BCUT2D eigenvalue weighted by Crippen LogP contribution is 2.26. The second-order valence-electron chi connectivity index (χ2n) is 5.61. The van der Waals surface area contributed by atoms with Crippen molar-refractivity contribution in [1.29, 1.82) is 0 Å². The van der Waals surface area contributed by atoms with Crippen molar-refractivity contribution in [1.82, 2.24) is 15.0 Å². The molecule has 20 heavy (non-hydrogen) atoms. The highest BCUT2D eigenvalue weighted by molar-refractivity contribution is 5.99. The standard InChI is InChI=1S/C15H19N3O2/c19-15(20)11-7-8-16-14-13(11)17-12(18-14)9-10-5-3-1-2-4-6-10/h7-8,10H,1-6,9H2,(H,19,20)(H,16,17,18). The van der Waals surface area contributed by atoms with E-state index in [2.05, 4.69) is 15.0 Å². The number of rotatable bonds is 3. The summed E-state index contributed by atoms with van der Waals surface area (Å²) in [5.41, 5.74) is 1.30. The van der Waals surface area contributed by atoms with Gasteiger partial charge in [0.15, 0.2) is 5.65 Å². The highest BCUT2D eigenvalue weighted by atomic mass is 16.4. The lowest BCUT2D eigenvalue weighted by Gasteiger charge is -2.11. The molecule has 0 saturated heterocycles. The van der Waals surface area contributed by atoms with E-state index in [1.54, 1.807) is 0 Å². The smallest absolute Gasteiger partial charge is 0.338 e. The summed E-state index contributed by atoms with van der Waals surface area (Å²) in [7, 11) is 0. The van der Waals surface area contributed by atoms with Gasteiger partial charge in [0.05, 0.1) is 11.1 Å². The largest absolute Gasteiger partial charge is 0.478 e. The van der Waals surface area contributed by atoms with Gasteiger partial charge in [-0.1, -0.05) is 38.5 Å². The van der Waals surface area contributed by atoms with Crippen molar-refractivity contribution in [3.8, 4) is 0 Å². The maximum atomic E-state index is 11.2. The first-order valence-electron chi connectivity index (χ1n) is 7.31. The summed E-state index contributed by atoms with van der Waals surface area (Å²) in [6.07, 6.45) is 10.2. The number of imidazole rings is 1. The molecular weight excluding hydrogens is 254 g/mol. The van der Waals surface area contributed by atoms with Crippen molar-refractivity contribution in [2.45, 2.75) is 44.9 Å². The maximum Gasteiger partial charge on any atom is 0.338 e. The molecule has 0 atom stereocenters. The average Bonchev–Trinajstić information content (AvgIpc) is 2.65. The molecule has 0 aliphatic heterocycles. The lowest BCUT2D eigenvalue weighted by molar-refractivity contribution is 0.0698. The van der Waals surface area contributed by atoms with E-state index in [1.165, 1.54) is 50.8 Å². The molecule has 2 heterocycles. The number of fused-ring (bicyclic) bond motifs is 1. The van der Waals surface area contributed by atoms with Crippen molar-refractivity contribution in [3.05, 3.63) is 23.7 Å². The molecule has 1 fully saturated rings. The minimum absolute atomic E-state index is 0.245. The number of H-pyrrole nitrogens is 1. The van der Waals surface area contributed by atoms with E-state index in [-0.39, 0.29) is 5.56 Å². The SMILES string of the molecule is O=C(O)c1ccnc2nc(CC3CCCCCC3)[nH]c12. The lowest BCUT2D eigenvalue weighted by Crippen LogP contribution is -2.04. The predicted octanol–water partition coefficient (Wildman–Crippen LogP) is 3.17. The van der Waals surface area contributed by atoms with Crippen molar-refractivity contribution in [2.75, 3.05) is 0 Å². The summed E-state index contributed by atoms with van der Waals surface area (Å²) in [5.74, 6) is 0.585. The molecule has 3 rings (SSSR count). The van der Waals surface area contributed by atoms with Crippen LogP contribution in [0, 0.1) is 5.92 Å². The molecule has 1 aliphatic rings. The third-order valence-electron chi connectivity index (χ3n) is 4.13. The molecule has 1 saturated carbocycles. The zero-order valence-electron chi connectivity index (χ0n) is 11.4. The number of carboxylic acids is 1. The van der Waals surface area contributed by atoms with Crippen LogP contribution in [-0.2, 0) is 6.42 Å². The van der Waals surface area contributed by atoms with Crippen LogP contribution in [0.15, 0.2) is 12.3 Å². The normalized spacial score (nSPS) is 17.2. The molecular formula is C15H19N3O2. The summed E-state index contributed by atoms with van der Waals surface area (Å²) < 4.78 is 0. The third-order valence-corrected chi connectivity index (χ3v) is 4.13. The van der Waals surface area contributed by atoms with Gasteiger partial charge in [0.2, 0.25) is 0 Å². The maximum absolute atomic E-state index is 11.2. The number of carbonyl (C=O) groups is 1. The quantitative estimate of drug-likeness (QED) is 0.842. The topological polar surface area (TPSA) is 78.9 Å². The minimum atomic E-state index is -0.943. The van der Waals surface area contributed by atoms with E-state index in [0.717, 1.165) is 12.2 Å². The van der Waals surface area contributed by atoms with Crippen LogP contribution in [0.2, 0.25) is 0 Å². The fraction of sp³-hybridized carbons (Fsp3) is 0.533. The van der Waals surface area contributed by atoms with Gasteiger partial charge in [0.25, 0.3) is 0 Å². The first kappa shape index (κ1) is 13.1. The molecule has 2 aromatic heterocycles. The van der Waals surface area contributed by atoms with Crippen LogP contribution in [-0.4, -0.2) is 26.0 Å². The van der Waals surface area contributed by atoms with Crippen LogP contribution < -0.4 is 0 Å². The number of nitrogens with one attached hydrogen (secondary N) is 1. The molecule has 2 N–H and O–H groups in total. The molecule has 2 aromatic rings. The van der Waals surface area contributed by atoms with Crippen LogP contribution in [0.5, 0.6) is 0 Å². The highest BCUT2D eigenvalue weighted by Gasteiger charge is 2.17. The summed E-state index contributed by atoms with van der Waals surface area (Å²) in [4.78, 5) is 22.9. The van der Waals surface area contributed by atoms with Crippen LogP contribution in [0.25, 0.3) is 11.2 Å². The van der Waals surface area contributed by atoms with Crippen LogP contribution >= 0.6 is 0 Å². The van der Waals surface area contributed by atoms with Crippen LogP contribution in [0.1, 0.15) is 54.7 Å². The predicted molar refractivity (Wildman–Crippen MR) is 75.7 cm³/mol. The Kier molecular flexibility index (Phi) is 3.67. The Morgan fingerprint density at radius 2 is 2.05 bits per heavy atom. The molecule has 0 radical (unpaired) electrons. The summed E-state index contributed by atoms with van der Waals surface area (Å²) in [5, 5.41) is 9.18. The number of hydrogen-bond acceptors (Lipinski definition) is 3. The summed E-state index contributed by atoms with van der Waals surface area (Å²) >= 11 is 0. The van der Waals surface area contributed by atoms with E-state index in [9.17, 15) is 9.90 Å². The second kappa shape index (κ2) is 5.61. The summed E-state index contributed by atoms with van der Waals surface area (Å²) in [6.45, 7) is 0. The number of aromatic carboxylic acids is 1. The van der Waals surface area contributed by atoms with Gasteiger partial charge in [-0.25, -0.2) is 14.8 Å². The fourth-order valence-electron chi connectivity index (χ4n) is 3.08. The molecule has 0 unspecified atom stereocenters. The van der Waals surface area contributed by atoms with E-state index in [1.807, 2.05) is 0 Å². The number of hydrogen-bond donors (Lipinski definition) is 2. The second-order valence-corrected chi connectivity index (χ2v) is 5.61. The average molecular weight is 273 g/mol. The number of pyridine rings is 1. The molecule has 1 aliphatic carbocycles. The Morgan fingerprint density at radius 3 is 2.75 bits per heavy atom. The molecule has 0 amide bonds. The Balaban J connectivity index is 1.85. The number of nitrogens with zero attached hydrogens (tertiary/aromatic N) is 2. The van der Waals surface area contributed by atoms with E-state index >= 15 is 0 Å². The molecule has 5 nitrogen and oxygen atoms in total. The first-order chi connectivity index (χ1) is 9.74. The monoisotopic (exact) mass is 273 g/mol. The zero-order valence-corrected chi connectivity index (χ0v) is 11.4. The van der Waals surface area contributed by atoms with E-state index < -0.39 is 5.97 Å². The number of aromatic nitrogens is 3. The van der Waals surface area contributed by atoms with Gasteiger partial charge in [0.1, 0.15) is 5.82 Å². The van der Waals surface area contributed by atoms with E-state index in [4.69, 9.17) is 0 Å². The van der Waals surface area contributed by atoms with Crippen molar-refractivity contribution in [3.63, 3.8) is 0 Å². The van der Waals surface area contributed by atoms with Gasteiger partial charge in [-0.2, -0.15) is 0 Å². The molecule has 5 heteroatoms. The zero-order chi connectivity index (χ0) is 13.9. The van der Waals surface area contributed by atoms with Gasteiger partial charge in [0, 0.05) is 12.6 Å². The first-order valence-corrected chi connectivity index (χ1v) is 7.31. The van der Waals surface area contributed by atoms with Crippen LogP contribution in [0.3, 0.4) is 0 Å². The lowest BCUT2D eigenvalue weighted by atomic mass is 9.96. The Hall–Kier alpha value is -1.91. The molecule has 0 spiro atoms. The number of carboxylic acid groups (broad SMARTS) is 1. The number of aromatic amines is 1. The fourth-order valence-corrected chi connectivity index (χ4v) is 3.08. The minimum Gasteiger partial charge on any atom is -0.478 e. The summed E-state index contributed by atoms with van der Waals surface area (Å²) in [6, 6.07) is 1.51. The van der Waals surface area contributed by atoms with Crippen molar-refractivity contribution in [2.24, 2.45) is 5.92 Å². The van der Waals surface area contributed by atoms with E-state index in [0.29, 0.717) is 17.1 Å². The van der Waals surface area contributed by atoms with Gasteiger partial charge < -0.3 is 10.1 Å².